The molecule has 0 atom stereocenters. The smallest absolute Gasteiger partial charge is 0.165 e. The number of allylic oxidation sites excluding steroid dienone is 1. The molecule has 0 aliphatic rings. The lowest BCUT2D eigenvalue weighted by Gasteiger charge is -2.06. The first kappa shape index (κ1) is 10.8. The highest BCUT2D eigenvalue weighted by atomic mass is 19.1. The average molecular weight is 194 g/mol. The van der Waals surface area contributed by atoms with E-state index in [1.54, 1.807) is 6.07 Å². The molecular weight excluding hydrogens is 179 g/mol. The molecule has 0 aromatic heterocycles. The molecule has 76 valence electrons. The first-order chi connectivity index (χ1) is 6.74. The third kappa shape index (κ3) is 3.21. The van der Waals surface area contributed by atoms with Crippen LogP contribution < -0.4 is 4.74 Å². The van der Waals surface area contributed by atoms with Crippen molar-refractivity contribution in [2.24, 2.45) is 0 Å². The van der Waals surface area contributed by atoms with Gasteiger partial charge in [-0.3, -0.25) is 0 Å². The van der Waals surface area contributed by atoms with Gasteiger partial charge in [-0.05, 0) is 37.5 Å². The molecule has 1 aromatic rings. The Balaban J connectivity index is 2.46. The maximum atomic E-state index is 13.2. The molecule has 0 fully saturated rings. The number of benzene rings is 1. The maximum Gasteiger partial charge on any atom is 0.165 e. The number of hydrogen-bond donors (Lipinski definition) is 0. The fourth-order valence-electron chi connectivity index (χ4n) is 1.13. The molecule has 2 heteroatoms. The fourth-order valence-corrected chi connectivity index (χ4v) is 1.13. The van der Waals surface area contributed by atoms with Gasteiger partial charge in [0.15, 0.2) is 11.6 Å². The van der Waals surface area contributed by atoms with Crippen molar-refractivity contribution in [3.05, 3.63) is 42.2 Å². The van der Waals surface area contributed by atoms with Gasteiger partial charge in [0.05, 0.1) is 6.61 Å². The standard InChI is InChI=1S/C12H15FO/c1-3-4-5-8-14-12-7-6-10(2)9-11(12)13/h3,6-7,9H,1,4-5,8H2,2H3. The molecule has 0 spiro atoms. The highest BCUT2D eigenvalue weighted by molar-refractivity contribution is 5.28. The fraction of sp³-hybridized carbons (Fsp3) is 0.333. The zero-order valence-corrected chi connectivity index (χ0v) is 8.42. The number of ether oxygens (including phenoxy) is 1. The van der Waals surface area contributed by atoms with E-state index in [2.05, 4.69) is 6.58 Å². The van der Waals surface area contributed by atoms with E-state index in [4.69, 9.17) is 4.74 Å². The predicted molar refractivity (Wildman–Crippen MR) is 56.1 cm³/mol. The van der Waals surface area contributed by atoms with Gasteiger partial charge in [0.1, 0.15) is 0 Å². The van der Waals surface area contributed by atoms with E-state index in [1.165, 1.54) is 6.07 Å². The molecule has 0 aliphatic heterocycles. The largest absolute Gasteiger partial charge is 0.491 e. The lowest BCUT2D eigenvalue weighted by atomic mass is 10.2. The van der Waals surface area contributed by atoms with Crippen LogP contribution in [-0.4, -0.2) is 6.61 Å². The van der Waals surface area contributed by atoms with Crippen molar-refractivity contribution in [2.75, 3.05) is 6.61 Å². The molecule has 1 nitrogen and oxygen atoms in total. The summed E-state index contributed by atoms with van der Waals surface area (Å²) in [6.07, 6.45) is 3.60. The van der Waals surface area contributed by atoms with Gasteiger partial charge in [-0.1, -0.05) is 12.1 Å². The quantitative estimate of drug-likeness (QED) is 0.515. The van der Waals surface area contributed by atoms with Crippen LogP contribution >= 0.6 is 0 Å². The third-order valence-electron chi connectivity index (χ3n) is 1.90. The molecule has 0 amide bonds. The summed E-state index contributed by atoms with van der Waals surface area (Å²) in [7, 11) is 0. The van der Waals surface area contributed by atoms with Gasteiger partial charge < -0.3 is 4.74 Å². The summed E-state index contributed by atoms with van der Waals surface area (Å²) in [5.74, 6) is 0.0447. The minimum Gasteiger partial charge on any atom is -0.491 e. The van der Waals surface area contributed by atoms with Crippen LogP contribution in [0.4, 0.5) is 4.39 Å². The second kappa shape index (κ2) is 5.43. The zero-order valence-electron chi connectivity index (χ0n) is 8.42. The monoisotopic (exact) mass is 194 g/mol. The number of unbranched alkanes of at least 4 members (excludes halogenated alkanes) is 1. The topological polar surface area (TPSA) is 9.23 Å². The first-order valence-electron chi connectivity index (χ1n) is 4.74. The zero-order chi connectivity index (χ0) is 10.4. The normalized spacial score (nSPS) is 9.86. The summed E-state index contributed by atoms with van der Waals surface area (Å²) in [6, 6.07) is 4.98. The summed E-state index contributed by atoms with van der Waals surface area (Å²) >= 11 is 0. The van der Waals surface area contributed by atoms with Gasteiger partial charge in [-0.15, -0.1) is 6.58 Å². The Hall–Kier alpha value is -1.31. The Bertz CT molecular complexity index is 307. The number of aryl methyl sites for hydroxylation is 1. The van der Waals surface area contributed by atoms with Crippen LogP contribution in [0.15, 0.2) is 30.9 Å². The van der Waals surface area contributed by atoms with Gasteiger partial charge in [0.25, 0.3) is 0 Å². The Kier molecular flexibility index (Phi) is 4.17. The second-order valence-electron chi connectivity index (χ2n) is 3.21. The molecule has 0 heterocycles. The van der Waals surface area contributed by atoms with E-state index in [0.717, 1.165) is 18.4 Å². The molecule has 0 N–H and O–H groups in total. The van der Waals surface area contributed by atoms with Crippen LogP contribution in [-0.2, 0) is 0 Å². The molecule has 0 saturated heterocycles. The van der Waals surface area contributed by atoms with Crippen LogP contribution in [0.25, 0.3) is 0 Å². The first-order valence-corrected chi connectivity index (χ1v) is 4.74. The number of rotatable bonds is 5. The molecule has 0 aliphatic carbocycles. The Morgan fingerprint density at radius 1 is 1.50 bits per heavy atom. The van der Waals surface area contributed by atoms with Crippen molar-refractivity contribution in [3.8, 4) is 5.75 Å². The van der Waals surface area contributed by atoms with Gasteiger partial charge in [-0.25, -0.2) is 4.39 Å². The highest BCUT2D eigenvalue weighted by Crippen LogP contribution is 2.17. The summed E-state index contributed by atoms with van der Waals surface area (Å²) < 4.78 is 18.5. The molecule has 0 saturated carbocycles. The van der Waals surface area contributed by atoms with Crippen molar-refractivity contribution in [2.45, 2.75) is 19.8 Å². The Morgan fingerprint density at radius 3 is 2.93 bits per heavy atom. The second-order valence-corrected chi connectivity index (χ2v) is 3.21. The van der Waals surface area contributed by atoms with E-state index in [-0.39, 0.29) is 5.82 Å². The molecule has 1 rings (SSSR count). The molecule has 0 radical (unpaired) electrons. The number of hydrogen-bond acceptors (Lipinski definition) is 1. The third-order valence-corrected chi connectivity index (χ3v) is 1.90. The lowest BCUT2D eigenvalue weighted by Crippen LogP contribution is -1.98. The predicted octanol–water partition coefficient (Wildman–Crippen LogP) is 3.48. The lowest BCUT2D eigenvalue weighted by molar-refractivity contribution is 0.296. The van der Waals surface area contributed by atoms with E-state index < -0.39 is 0 Å². The van der Waals surface area contributed by atoms with Crippen LogP contribution in [0.5, 0.6) is 5.75 Å². The van der Waals surface area contributed by atoms with Crippen molar-refractivity contribution in [3.63, 3.8) is 0 Å². The van der Waals surface area contributed by atoms with Crippen LogP contribution in [0.1, 0.15) is 18.4 Å². The maximum absolute atomic E-state index is 13.2. The number of halogens is 1. The Morgan fingerprint density at radius 2 is 2.29 bits per heavy atom. The minimum atomic E-state index is -0.288. The van der Waals surface area contributed by atoms with E-state index in [9.17, 15) is 4.39 Å². The average Bonchev–Trinajstić information content (AvgIpc) is 2.15. The molecule has 1 aromatic carbocycles. The summed E-state index contributed by atoms with van der Waals surface area (Å²) in [6.45, 7) is 5.99. The van der Waals surface area contributed by atoms with E-state index in [1.807, 2.05) is 19.1 Å². The molecule has 0 bridgehead atoms. The summed E-state index contributed by atoms with van der Waals surface area (Å²) in [4.78, 5) is 0. The van der Waals surface area contributed by atoms with E-state index in [0.29, 0.717) is 12.4 Å². The van der Waals surface area contributed by atoms with E-state index >= 15 is 0 Å². The Labute approximate surface area is 84.2 Å². The van der Waals surface area contributed by atoms with Gasteiger partial charge in [0.2, 0.25) is 0 Å². The van der Waals surface area contributed by atoms with Crippen LogP contribution in [0, 0.1) is 12.7 Å². The molecule has 0 unspecified atom stereocenters. The van der Waals surface area contributed by atoms with Crippen LogP contribution in [0.2, 0.25) is 0 Å². The molecular formula is C12H15FO. The van der Waals surface area contributed by atoms with Gasteiger partial charge in [-0.2, -0.15) is 0 Å². The highest BCUT2D eigenvalue weighted by Gasteiger charge is 2.01. The molecule has 14 heavy (non-hydrogen) atoms. The summed E-state index contributed by atoms with van der Waals surface area (Å²) in [5.41, 5.74) is 0.904. The summed E-state index contributed by atoms with van der Waals surface area (Å²) in [5, 5.41) is 0. The van der Waals surface area contributed by atoms with Crippen molar-refractivity contribution in [1.82, 2.24) is 0 Å². The van der Waals surface area contributed by atoms with Crippen molar-refractivity contribution < 1.29 is 9.13 Å². The van der Waals surface area contributed by atoms with Gasteiger partial charge >= 0.3 is 0 Å². The minimum absolute atomic E-state index is 0.288. The SMILES string of the molecule is C=CCCCOc1ccc(C)cc1F. The van der Waals surface area contributed by atoms with Gasteiger partial charge in [0, 0.05) is 0 Å². The van der Waals surface area contributed by atoms with Crippen molar-refractivity contribution >= 4 is 0 Å². The van der Waals surface area contributed by atoms with Crippen molar-refractivity contribution in [1.29, 1.82) is 0 Å². The van der Waals surface area contributed by atoms with Crippen LogP contribution in [0.3, 0.4) is 0 Å².